The lowest BCUT2D eigenvalue weighted by Crippen LogP contribution is -2.21. The summed E-state index contributed by atoms with van der Waals surface area (Å²) in [5, 5.41) is 2.11. The molecule has 2 aromatic rings. The van der Waals surface area contributed by atoms with Crippen molar-refractivity contribution in [2.24, 2.45) is 0 Å². The molecular weight excluding hydrogens is 314 g/mol. The number of halogens is 4. The zero-order chi connectivity index (χ0) is 17.0. The Balaban J connectivity index is 2.28. The van der Waals surface area contributed by atoms with Gasteiger partial charge in [-0.05, 0) is 24.6 Å². The van der Waals surface area contributed by atoms with E-state index in [0.29, 0.717) is 11.6 Å². The molecule has 0 aliphatic heterocycles. The Bertz CT molecular complexity index is 692. The number of hydrogen-bond acceptors (Lipinski definition) is 2. The van der Waals surface area contributed by atoms with Crippen LogP contribution in [-0.2, 0) is 4.79 Å². The molecule has 0 aliphatic rings. The van der Waals surface area contributed by atoms with E-state index >= 15 is 0 Å². The molecule has 1 amide bonds. The molecule has 0 aromatic heterocycles. The molecule has 7 heteroatoms. The van der Waals surface area contributed by atoms with Gasteiger partial charge >= 0.3 is 6.61 Å². The first-order valence-electron chi connectivity index (χ1n) is 6.68. The largest absolute Gasteiger partial charge is 0.432 e. The minimum Gasteiger partial charge on any atom is -0.432 e. The minimum atomic E-state index is -3.23. The number of ether oxygens (including phenoxy) is 1. The summed E-state index contributed by atoms with van der Waals surface area (Å²) in [6.07, 6.45) is 0. The van der Waals surface area contributed by atoms with E-state index in [1.165, 1.54) is 0 Å². The van der Waals surface area contributed by atoms with Crippen molar-refractivity contribution >= 4 is 11.6 Å². The number of amides is 1. The smallest absolute Gasteiger partial charge is 0.387 e. The Morgan fingerprint density at radius 3 is 2.35 bits per heavy atom. The van der Waals surface area contributed by atoms with Crippen LogP contribution in [0.5, 0.6) is 5.75 Å². The molecule has 0 fully saturated rings. The first-order valence-corrected chi connectivity index (χ1v) is 6.68. The Kier molecular flexibility index (Phi) is 5.20. The van der Waals surface area contributed by atoms with E-state index in [-0.39, 0.29) is 0 Å². The summed E-state index contributed by atoms with van der Waals surface area (Å²) in [6.45, 7) is -1.68. The van der Waals surface area contributed by atoms with Gasteiger partial charge in [-0.25, -0.2) is 8.78 Å². The highest BCUT2D eigenvalue weighted by molar-refractivity contribution is 5.96. The second-order valence-corrected chi connectivity index (χ2v) is 4.73. The molecule has 0 heterocycles. The molecule has 1 atom stereocenters. The van der Waals surface area contributed by atoms with Crippen molar-refractivity contribution in [2.45, 2.75) is 19.5 Å². The van der Waals surface area contributed by atoms with Gasteiger partial charge in [0.2, 0.25) is 5.91 Å². The van der Waals surface area contributed by atoms with Crippen LogP contribution in [0.15, 0.2) is 42.5 Å². The molecule has 1 unspecified atom stereocenters. The van der Waals surface area contributed by atoms with Crippen LogP contribution in [0.2, 0.25) is 0 Å². The van der Waals surface area contributed by atoms with E-state index in [1.54, 1.807) is 37.3 Å². The summed E-state index contributed by atoms with van der Waals surface area (Å²) in [4.78, 5) is 12.2. The number of nitrogens with one attached hydrogen (secondary N) is 1. The zero-order valence-electron chi connectivity index (χ0n) is 12.0. The zero-order valence-corrected chi connectivity index (χ0v) is 12.0. The fraction of sp³-hybridized carbons (Fsp3) is 0.188. The molecule has 0 spiro atoms. The average Bonchev–Trinajstić information content (AvgIpc) is 2.54. The maximum absolute atomic E-state index is 13.8. The molecule has 0 saturated carbocycles. The van der Waals surface area contributed by atoms with E-state index in [9.17, 15) is 22.4 Å². The van der Waals surface area contributed by atoms with Gasteiger partial charge in [-0.15, -0.1) is 0 Å². The summed E-state index contributed by atoms with van der Waals surface area (Å²) in [6, 6.07) is 10.0. The fourth-order valence-electron chi connectivity index (χ4n) is 1.97. The molecule has 2 aromatic carbocycles. The number of anilines is 1. The monoisotopic (exact) mass is 327 g/mol. The van der Waals surface area contributed by atoms with Gasteiger partial charge in [-0.1, -0.05) is 30.3 Å². The van der Waals surface area contributed by atoms with Gasteiger partial charge in [0.15, 0.2) is 17.4 Å². The van der Waals surface area contributed by atoms with Crippen LogP contribution in [0, 0.1) is 11.6 Å². The van der Waals surface area contributed by atoms with Crippen LogP contribution >= 0.6 is 0 Å². The maximum Gasteiger partial charge on any atom is 0.387 e. The van der Waals surface area contributed by atoms with Crippen LogP contribution in [-0.4, -0.2) is 12.5 Å². The van der Waals surface area contributed by atoms with Gasteiger partial charge in [0, 0.05) is 0 Å². The minimum absolute atomic E-state index is 0.637. The second kappa shape index (κ2) is 7.13. The lowest BCUT2D eigenvalue weighted by molar-refractivity contribution is -0.117. The Morgan fingerprint density at radius 2 is 1.74 bits per heavy atom. The van der Waals surface area contributed by atoms with Crippen molar-refractivity contribution < 1.29 is 27.1 Å². The highest BCUT2D eigenvalue weighted by atomic mass is 19.3. The van der Waals surface area contributed by atoms with Crippen LogP contribution in [0.4, 0.5) is 23.2 Å². The SMILES string of the molecule is CC(C(=O)Nc1c(OC(F)F)ccc(F)c1F)c1ccccc1. The van der Waals surface area contributed by atoms with Crippen molar-refractivity contribution in [3.63, 3.8) is 0 Å². The van der Waals surface area contributed by atoms with E-state index in [1.807, 2.05) is 0 Å². The first-order chi connectivity index (χ1) is 10.9. The Labute approximate surface area is 129 Å². The molecule has 0 aliphatic carbocycles. The molecule has 122 valence electrons. The Hall–Kier alpha value is -2.57. The molecule has 0 saturated heterocycles. The molecule has 0 bridgehead atoms. The fourth-order valence-corrected chi connectivity index (χ4v) is 1.97. The maximum atomic E-state index is 13.8. The molecule has 1 N–H and O–H groups in total. The average molecular weight is 327 g/mol. The van der Waals surface area contributed by atoms with Crippen LogP contribution in [0.1, 0.15) is 18.4 Å². The number of alkyl halides is 2. The van der Waals surface area contributed by atoms with Crippen molar-refractivity contribution in [2.75, 3.05) is 5.32 Å². The molecule has 3 nitrogen and oxygen atoms in total. The topological polar surface area (TPSA) is 38.3 Å². The third-order valence-electron chi connectivity index (χ3n) is 3.21. The summed E-state index contributed by atoms with van der Waals surface area (Å²) in [7, 11) is 0. The van der Waals surface area contributed by atoms with Crippen molar-refractivity contribution in [1.82, 2.24) is 0 Å². The lowest BCUT2D eigenvalue weighted by Gasteiger charge is -2.16. The quantitative estimate of drug-likeness (QED) is 0.831. The van der Waals surface area contributed by atoms with Crippen molar-refractivity contribution in [3.8, 4) is 5.75 Å². The summed E-state index contributed by atoms with van der Waals surface area (Å²) in [5.74, 6) is -4.77. The van der Waals surface area contributed by atoms with Crippen molar-refractivity contribution in [3.05, 3.63) is 59.7 Å². The van der Waals surface area contributed by atoms with E-state index in [4.69, 9.17) is 0 Å². The van der Waals surface area contributed by atoms with Gasteiger partial charge in [0.1, 0.15) is 5.69 Å². The number of carbonyl (C=O) groups excluding carboxylic acids is 1. The molecule has 0 radical (unpaired) electrons. The van der Waals surface area contributed by atoms with E-state index < -0.39 is 41.5 Å². The van der Waals surface area contributed by atoms with Crippen molar-refractivity contribution in [1.29, 1.82) is 0 Å². The normalized spacial score (nSPS) is 12.1. The van der Waals surface area contributed by atoms with Gasteiger partial charge in [-0.3, -0.25) is 4.79 Å². The number of rotatable bonds is 5. The van der Waals surface area contributed by atoms with Gasteiger partial charge in [0.25, 0.3) is 0 Å². The molecule has 23 heavy (non-hydrogen) atoms. The van der Waals surface area contributed by atoms with Crippen LogP contribution in [0.25, 0.3) is 0 Å². The predicted octanol–water partition coefficient (Wildman–Crippen LogP) is 4.31. The van der Waals surface area contributed by atoms with E-state index in [2.05, 4.69) is 10.1 Å². The highest BCUT2D eigenvalue weighted by Crippen LogP contribution is 2.31. The Morgan fingerprint density at radius 1 is 1.09 bits per heavy atom. The molecular formula is C16H13F4NO2. The first kappa shape index (κ1) is 16.8. The van der Waals surface area contributed by atoms with Gasteiger partial charge in [0.05, 0.1) is 5.92 Å². The third-order valence-corrected chi connectivity index (χ3v) is 3.21. The second-order valence-electron chi connectivity index (χ2n) is 4.73. The lowest BCUT2D eigenvalue weighted by atomic mass is 10.0. The van der Waals surface area contributed by atoms with Gasteiger partial charge < -0.3 is 10.1 Å². The van der Waals surface area contributed by atoms with Gasteiger partial charge in [-0.2, -0.15) is 8.78 Å². The number of benzene rings is 2. The summed E-state index contributed by atoms with van der Waals surface area (Å²) in [5.41, 5.74) is -0.115. The predicted molar refractivity (Wildman–Crippen MR) is 76.5 cm³/mol. The summed E-state index contributed by atoms with van der Waals surface area (Å²) >= 11 is 0. The standard InChI is InChI=1S/C16H13F4NO2/c1-9(10-5-3-2-4-6-10)15(22)21-14-12(23-16(19)20)8-7-11(17)13(14)18/h2-9,16H,1H3,(H,21,22). The number of carbonyl (C=O) groups is 1. The highest BCUT2D eigenvalue weighted by Gasteiger charge is 2.22. The summed E-state index contributed by atoms with van der Waals surface area (Å²) < 4.78 is 55.9. The third kappa shape index (κ3) is 4.00. The number of hydrogen-bond donors (Lipinski definition) is 1. The van der Waals surface area contributed by atoms with Crippen LogP contribution < -0.4 is 10.1 Å². The van der Waals surface area contributed by atoms with E-state index in [0.717, 1.165) is 6.07 Å². The van der Waals surface area contributed by atoms with Crippen LogP contribution in [0.3, 0.4) is 0 Å². The molecule has 2 rings (SSSR count).